The third-order valence-corrected chi connectivity index (χ3v) is 5.28. The number of nitrogens with zero attached hydrogens (tertiary/aromatic N) is 8. The van der Waals surface area contributed by atoms with Crippen LogP contribution in [0.4, 0.5) is 20.7 Å². The number of anilines is 2. The first-order valence-corrected chi connectivity index (χ1v) is 9.82. The van der Waals surface area contributed by atoms with E-state index in [1.54, 1.807) is 14.0 Å². The number of fused-ring (bicyclic) bond motifs is 5. The average molecular weight is 449 g/mol. The fourth-order valence-corrected chi connectivity index (χ4v) is 3.64. The van der Waals surface area contributed by atoms with Crippen molar-refractivity contribution >= 4 is 24.3 Å². The van der Waals surface area contributed by atoms with Crippen LogP contribution in [0.25, 0.3) is 11.3 Å². The molecule has 1 unspecified atom stereocenters. The van der Waals surface area contributed by atoms with Crippen LogP contribution in [0, 0.1) is 17.1 Å². The second kappa shape index (κ2) is 8.19. The molecule has 33 heavy (non-hydrogen) atoms. The van der Waals surface area contributed by atoms with Gasteiger partial charge in [-0.2, -0.15) is 15.5 Å². The molecule has 3 aromatic rings. The number of aromatic nitrogens is 4. The first-order valence-electron chi connectivity index (χ1n) is 9.82. The summed E-state index contributed by atoms with van der Waals surface area (Å²) in [7, 11) is 3.05. The number of halogens is 1. The molecule has 2 amide bonds. The molecule has 0 spiro atoms. The summed E-state index contributed by atoms with van der Waals surface area (Å²) in [6, 6.07) is 5.54. The molecule has 2 N–H and O–H groups in total. The third-order valence-electron chi connectivity index (χ3n) is 5.28. The lowest BCUT2D eigenvalue weighted by atomic mass is 10.1. The molecule has 11 nitrogen and oxygen atoms in total. The van der Waals surface area contributed by atoms with Crippen LogP contribution in [0.15, 0.2) is 29.5 Å². The van der Waals surface area contributed by atoms with Gasteiger partial charge >= 0.3 is 6.03 Å². The Morgan fingerprint density at radius 1 is 1.48 bits per heavy atom. The number of benzene rings is 1. The van der Waals surface area contributed by atoms with Gasteiger partial charge in [0.15, 0.2) is 5.82 Å². The highest BCUT2D eigenvalue weighted by molar-refractivity contribution is 5.93. The lowest BCUT2D eigenvalue weighted by Gasteiger charge is -2.28. The SMILES string of the molecule is C=NN(C)C(=O)N1Cc2nn(C)c(C#N)c2-c2cnc(N)c(n2)OC(C)c2cc(F)ccc21. The van der Waals surface area contributed by atoms with Crippen LogP contribution in [0.3, 0.4) is 0 Å². The second-order valence-electron chi connectivity index (χ2n) is 7.35. The Labute approximate surface area is 188 Å². The van der Waals surface area contributed by atoms with Gasteiger partial charge in [-0.3, -0.25) is 9.58 Å². The van der Waals surface area contributed by atoms with E-state index >= 15 is 0 Å². The molecule has 168 valence electrons. The maximum absolute atomic E-state index is 14.2. The summed E-state index contributed by atoms with van der Waals surface area (Å²) in [6.45, 7) is 5.01. The number of carbonyl (C=O) groups is 1. The van der Waals surface area contributed by atoms with Gasteiger partial charge in [0.05, 0.1) is 35.4 Å². The van der Waals surface area contributed by atoms with Crippen LogP contribution >= 0.6 is 0 Å². The summed E-state index contributed by atoms with van der Waals surface area (Å²) in [5.41, 5.74) is 7.96. The lowest BCUT2D eigenvalue weighted by molar-refractivity contribution is 0.213. The molecule has 1 aromatic carbocycles. The smallest absolute Gasteiger partial charge is 0.344 e. The number of nitrogens with two attached hydrogens (primary N) is 1. The van der Waals surface area contributed by atoms with E-state index in [-0.39, 0.29) is 23.9 Å². The fourth-order valence-electron chi connectivity index (χ4n) is 3.64. The van der Waals surface area contributed by atoms with Gasteiger partial charge in [-0.05, 0) is 25.1 Å². The molecule has 3 heterocycles. The highest BCUT2D eigenvalue weighted by Gasteiger charge is 2.30. The molecule has 2 bridgehead atoms. The van der Waals surface area contributed by atoms with Crippen LogP contribution in [0.2, 0.25) is 0 Å². The van der Waals surface area contributed by atoms with Crippen LogP contribution in [0.5, 0.6) is 5.88 Å². The number of hydrogen-bond acceptors (Lipinski definition) is 8. The number of carbonyl (C=O) groups excluding carboxylic acids is 1. The van der Waals surface area contributed by atoms with E-state index in [1.807, 2.05) is 0 Å². The van der Waals surface area contributed by atoms with Crippen molar-refractivity contribution in [2.75, 3.05) is 17.7 Å². The molecule has 4 rings (SSSR count). The van der Waals surface area contributed by atoms with Crippen molar-refractivity contribution in [1.82, 2.24) is 24.8 Å². The van der Waals surface area contributed by atoms with Crippen LogP contribution in [-0.2, 0) is 13.6 Å². The third kappa shape index (κ3) is 3.69. The Hall–Kier alpha value is -4.53. The molecule has 1 atom stereocenters. The Morgan fingerprint density at radius 2 is 2.24 bits per heavy atom. The molecule has 0 aliphatic carbocycles. The van der Waals surface area contributed by atoms with E-state index in [0.29, 0.717) is 28.2 Å². The predicted molar refractivity (Wildman–Crippen MR) is 118 cm³/mol. The maximum Gasteiger partial charge on any atom is 0.344 e. The number of aryl methyl sites for hydroxylation is 1. The summed E-state index contributed by atoms with van der Waals surface area (Å²) >= 11 is 0. The van der Waals surface area contributed by atoms with Gasteiger partial charge in [-0.1, -0.05) is 0 Å². The largest absolute Gasteiger partial charge is 0.467 e. The number of nitriles is 1. The molecule has 0 saturated carbocycles. The zero-order valence-electron chi connectivity index (χ0n) is 18.2. The predicted octanol–water partition coefficient (Wildman–Crippen LogP) is 2.60. The molecule has 12 heteroatoms. The number of hydrogen-bond donors (Lipinski definition) is 1. The van der Waals surface area contributed by atoms with Gasteiger partial charge in [0, 0.05) is 26.4 Å². The van der Waals surface area contributed by atoms with Crippen molar-refractivity contribution in [1.29, 1.82) is 5.26 Å². The maximum atomic E-state index is 14.2. The zero-order chi connectivity index (χ0) is 23.9. The van der Waals surface area contributed by atoms with E-state index in [4.69, 9.17) is 10.5 Å². The number of rotatable bonds is 1. The van der Waals surface area contributed by atoms with E-state index < -0.39 is 18.0 Å². The highest BCUT2D eigenvalue weighted by atomic mass is 19.1. The summed E-state index contributed by atoms with van der Waals surface area (Å²) in [5.74, 6) is -0.478. The van der Waals surface area contributed by atoms with Gasteiger partial charge in [-0.25, -0.2) is 24.2 Å². The topological polar surface area (TPSA) is 139 Å². The van der Waals surface area contributed by atoms with Crippen molar-refractivity contribution in [3.63, 3.8) is 0 Å². The van der Waals surface area contributed by atoms with E-state index in [0.717, 1.165) is 5.01 Å². The second-order valence-corrected chi connectivity index (χ2v) is 7.35. The van der Waals surface area contributed by atoms with Crippen molar-refractivity contribution in [2.45, 2.75) is 19.6 Å². The zero-order valence-corrected chi connectivity index (χ0v) is 18.2. The first-order chi connectivity index (χ1) is 15.7. The minimum atomic E-state index is -0.758. The number of amides is 2. The quantitative estimate of drug-likeness (QED) is 0.445. The highest BCUT2D eigenvalue weighted by Crippen LogP contribution is 2.37. The first kappa shape index (κ1) is 21.7. The summed E-state index contributed by atoms with van der Waals surface area (Å²) in [5, 5.41) is 18.9. The molecule has 2 aromatic heterocycles. The molecule has 0 fully saturated rings. The van der Waals surface area contributed by atoms with Gasteiger partial charge < -0.3 is 10.5 Å². The van der Waals surface area contributed by atoms with Crippen molar-refractivity contribution in [2.24, 2.45) is 12.1 Å². The Balaban J connectivity index is 2.04. The number of ether oxygens (including phenoxy) is 1. The van der Waals surface area contributed by atoms with Crippen molar-refractivity contribution in [3.8, 4) is 23.2 Å². The number of hydrazone groups is 1. The van der Waals surface area contributed by atoms with Gasteiger partial charge in [0.2, 0.25) is 0 Å². The Bertz CT molecular complexity index is 1310. The van der Waals surface area contributed by atoms with Crippen LogP contribution < -0.4 is 15.4 Å². The monoisotopic (exact) mass is 449 g/mol. The standard InChI is InChI=1S/C21H20FN9O2/c1-11-13-7-12(22)5-6-16(13)31(21(32)30(4)25-2)10-15-18(17(8-23)29(3)28-15)14-9-26-19(24)20(27-14)33-11/h5-7,9,11H,2,10H2,1,3-4H3,(H2,24,26). The lowest BCUT2D eigenvalue weighted by Crippen LogP contribution is -2.39. The molecule has 1 aliphatic heterocycles. The Kier molecular flexibility index (Phi) is 5.39. The van der Waals surface area contributed by atoms with Gasteiger partial charge in [0.1, 0.15) is 23.7 Å². The van der Waals surface area contributed by atoms with E-state index in [2.05, 4.69) is 33.0 Å². The fraction of sp³-hybridized carbons (Fsp3) is 0.238. The van der Waals surface area contributed by atoms with Gasteiger partial charge in [-0.15, -0.1) is 0 Å². The normalized spacial score (nSPS) is 14.8. The summed E-state index contributed by atoms with van der Waals surface area (Å²) in [4.78, 5) is 23.2. The van der Waals surface area contributed by atoms with E-state index in [9.17, 15) is 14.4 Å². The summed E-state index contributed by atoms with van der Waals surface area (Å²) in [6.07, 6.45) is 0.648. The van der Waals surface area contributed by atoms with Crippen molar-refractivity contribution in [3.05, 3.63) is 47.2 Å². The van der Waals surface area contributed by atoms with Crippen LogP contribution in [0.1, 0.15) is 30.0 Å². The number of urea groups is 1. The summed E-state index contributed by atoms with van der Waals surface area (Å²) < 4.78 is 21.6. The van der Waals surface area contributed by atoms with Gasteiger partial charge in [0.25, 0.3) is 5.88 Å². The van der Waals surface area contributed by atoms with Crippen LogP contribution in [-0.4, -0.2) is 44.6 Å². The molecule has 0 saturated heterocycles. The van der Waals surface area contributed by atoms with Crippen molar-refractivity contribution < 1.29 is 13.9 Å². The minimum Gasteiger partial charge on any atom is -0.467 e. The minimum absolute atomic E-state index is 0.0126. The molecule has 1 aliphatic rings. The average Bonchev–Trinajstić information content (AvgIpc) is 3.11. The molecule has 0 radical (unpaired) electrons. The number of nitrogen functional groups attached to an aromatic ring is 1. The molecular weight excluding hydrogens is 429 g/mol. The molecular formula is C21H20FN9O2. The Morgan fingerprint density at radius 3 is 2.94 bits per heavy atom. The van der Waals surface area contributed by atoms with E-state index in [1.165, 1.54) is 41.0 Å².